The molecule has 0 aliphatic heterocycles. The van der Waals surface area contributed by atoms with Crippen molar-refractivity contribution < 1.29 is 4.79 Å². The minimum atomic E-state index is -0.833. The van der Waals surface area contributed by atoms with Gasteiger partial charge in [-0.15, -0.1) is 0 Å². The highest BCUT2D eigenvalue weighted by atomic mass is 79.9. The van der Waals surface area contributed by atoms with E-state index in [2.05, 4.69) is 34.3 Å². The first-order chi connectivity index (χ1) is 4.65. The maximum absolute atomic E-state index is 9.00. The number of nitrogens with two attached hydrogens (primary N) is 2. The van der Waals surface area contributed by atoms with Crippen LogP contribution in [-0.2, 0) is 0 Å². The van der Waals surface area contributed by atoms with E-state index in [1.807, 2.05) is 0 Å². The summed E-state index contributed by atoms with van der Waals surface area (Å²) in [6.45, 7) is 2.21. The largest absolute Gasteiger partial charge is 0.352 e. The summed E-state index contributed by atoms with van der Waals surface area (Å²) in [7, 11) is 0. The molecule has 0 saturated heterocycles. The number of rotatable bonds is 3. The molecule has 0 saturated carbocycles. The summed E-state index contributed by atoms with van der Waals surface area (Å²) < 4.78 is 0. The van der Waals surface area contributed by atoms with Gasteiger partial charge in [0.25, 0.3) is 0 Å². The molecule has 10 heavy (non-hydrogen) atoms. The average Bonchev–Trinajstić information content (AvgIpc) is 1.82. The highest BCUT2D eigenvalue weighted by molar-refractivity contribution is 9.09. The molecule has 4 N–H and O–H groups in total. The van der Waals surface area contributed by atoms with Crippen molar-refractivity contribution in [2.75, 3.05) is 5.33 Å². The van der Waals surface area contributed by atoms with Crippen molar-refractivity contribution in [1.29, 1.82) is 0 Å². The van der Waals surface area contributed by atoms with Gasteiger partial charge >= 0.3 is 6.03 Å². The van der Waals surface area contributed by atoms with Crippen LogP contribution in [0.3, 0.4) is 0 Å². The summed E-state index contributed by atoms with van der Waals surface area (Å²) in [6.07, 6.45) is 4.02. The van der Waals surface area contributed by atoms with Crippen molar-refractivity contribution in [1.82, 2.24) is 0 Å². The summed E-state index contributed by atoms with van der Waals surface area (Å²) in [5.41, 5.74) is 8.50. The number of urea groups is 1. The molecule has 0 aromatic heterocycles. The Kier molecular flexibility index (Phi) is 14.3. The number of carbonyl (C=O) groups is 1. The fourth-order valence-electron chi connectivity index (χ4n) is 0.344. The Morgan fingerprint density at radius 1 is 1.40 bits per heavy atom. The third-order valence-corrected chi connectivity index (χ3v) is 1.30. The van der Waals surface area contributed by atoms with E-state index in [9.17, 15) is 0 Å². The molecule has 0 aliphatic rings. The van der Waals surface area contributed by atoms with Gasteiger partial charge < -0.3 is 11.5 Å². The van der Waals surface area contributed by atoms with Gasteiger partial charge in [0.15, 0.2) is 0 Å². The Labute approximate surface area is 70.3 Å². The first-order valence-corrected chi connectivity index (χ1v) is 4.38. The minimum absolute atomic E-state index is 0.833. The summed E-state index contributed by atoms with van der Waals surface area (Å²) in [5, 5.41) is 1.17. The zero-order valence-electron chi connectivity index (χ0n) is 6.27. The van der Waals surface area contributed by atoms with E-state index in [0.717, 1.165) is 0 Å². The van der Waals surface area contributed by atoms with Crippen molar-refractivity contribution in [3.05, 3.63) is 0 Å². The van der Waals surface area contributed by atoms with Gasteiger partial charge in [0.05, 0.1) is 0 Å². The Hall–Kier alpha value is -0.250. The molecule has 0 spiro atoms. The maximum atomic E-state index is 9.00. The number of halogens is 1. The van der Waals surface area contributed by atoms with Crippen molar-refractivity contribution in [3.8, 4) is 0 Å². The third kappa shape index (κ3) is 46.7. The Morgan fingerprint density at radius 2 is 1.80 bits per heavy atom. The topological polar surface area (TPSA) is 69.1 Å². The lowest BCUT2D eigenvalue weighted by Crippen LogP contribution is -2.18. The SMILES string of the molecule is CCCCCBr.NC(N)=O. The van der Waals surface area contributed by atoms with E-state index in [4.69, 9.17) is 4.79 Å². The van der Waals surface area contributed by atoms with Crippen LogP contribution >= 0.6 is 15.9 Å². The summed E-state index contributed by atoms with van der Waals surface area (Å²) in [4.78, 5) is 9.00. The molecule has 3 nitrogen and oxygen atoms in total. The van der Waals surface area contributed by atoms with Crippen LogP contribution in [0.4, 0.5) is 4.79 Å². The molecule has 0 aliphatic carbocycles. The van der Waals surface area contributed by atoms with E-state index >= 15 is 0 Å². The van der Waals surface area contributed by atoms with Crippen LogP contribution in [-0.4, -0.2) is 11.4 Å². The first kappa shape index (κ1) is 12.4. The van der Waals surface area contributed by atoms with Crippen LogP contribution in [0.15, 0.2) is 0 Å². The molecule has 0 heterocycles. The molecule has 4 heteroatoms. The monoisotopic (exact) mass is 210 g/mol. The van der Waals surface area contributed by atoms with Gasteiger partial charge in [0, 0.05) is 5.33 Å². The van der Waals surface area contributed by atoms with Gasteiger partial charge in [-0.25, -0.2) is 4.79 Å². The van der Waals surface area contributed by atoms with Crippen LogP contribution in [0.25, 0.3) is 0 Å². The first-order valence-electron chi connectivity index (χ1n) is 3.26. The summed E-state index contributed by atoms with van der Waals surface area (Å²) in [6, 6.07) is -0.833. The maximum Gasteiger partial charge on any atom is 0.309 e. The standard InChI is InChI=1S/C5H11Br.CH4N2O/c1-2-3-4-5-6;2-1(3)4/h2-5H2,1H3;(H4,2,3,4). The van der Waals surface area contributed by atoms with Gasteiger partial charge in [-0.1, -0.05) is 35.7 Å². The van der Waals surface area contributed by atoms with Crippen molar-refractivity contribution in [3.63, 3.8) is 0 Å². The van der Waals surface area contributed by atoms with E-state index < -0.39 is 6.03 Å². The Balaban J connectivity index is 0. The number of unbranched alkanes of at least 4 members (excludes halogenated alkanes) is 2. The highest BCUT2D eigenvalue weighted by Gasteiger charge is 1.76. The summed E-state index contributed by atoms with van der Waals surface area (Å²) >= 11 is 3.35. The lowest BCUT2D eigenvalue weighted by molar-refractivity contribution is 0.256. The van der Waals surface area contributed by atoms with E-state index in [-0.39, 0.29) is 0 Å². The molecule has 0 aromatic carbocycles. The van der Waals surface area contributed by atoms with Gasteiger partial charge in [-0.05, 0) is 6.42 Å². The normalized spacial score (nSPS) is 7.80. The van der Waals surface area contributed by atoms with Crippen LogP contribution in [0.1, 0.15) is 26.2 Å². The number of carbonyl (C=O) groups excluding carboxylic acids is 1. The zero-order valence-corrected chi connectivity index (χ0v) is 7.86. The molecule has 0 radical (unpaired) electrons. The van der Waals surface area contributed by atoms with Crippen molar-refractivity contribution >= 4 is 22.0 Å². The molecule has 0 bridgehead atoms. The van der Waals surface area contributed by atoms with Gasteiger partial charge in [0.1, 0.15) is 0 Å². The Morgan fingerprint density at radius 3 is 1.90 bits per heavy atom. The average molecular weight is 211 g/mol. The Bertz CT molecular complexity index is 70.1. The molecule has 0 unspecified atom stereocenters. The molecular formula is C6H15BrN2O. The fourth-order valence-corrected chi connectivity index (χ4v) is 0.741. The van der Waals surface area contributed by atoms with Crippen LogP contribution in [0, 0.1) is 0 Å². The van der Waals surface area contributed by atoms with E-state index in [1.54, 1.807) is 0 Å². The van der Waals surface area contributed by atoms with Crippen LogP contribution < -0.4 is 11.5 Å². The number of alkyl halides is 1. The van der Waals surface area contributed by atoms with Crippen LogP contribution in [0.5, 0.6) is 0 Å². The predicted octanol–water partition coefficient (Wildman–Crippen LogP) is 1.60. The van der Waals surface area contributed by atoms with Crippen molar-refractivity contribution in [2.45, 2.75) is 26.2 Å². The van der Waals surface area contributed by atoms with Gasteiger partial charge in [0.2, 0.25) is 0 Å². The lowest BCUT2D eigenvalue weighted by Gasteiger charge is -1.85. The number of hydrogen-bond acceptors (Lipinski definition) is 1. The second kappa shape index (κ2) is 11.5. The van der Waals surface area contributed by atoms with Gasteiger partial charge in [-0.2, -0.15) is 0 Å². The number of amides is 2. The number of primary amides is 2. The predicted molar refractivity (Wildman–Crippen MR) is 47.1 cm³/mol. The van der Waals surface area contributed by atoms with Gasteiger partial charge in [-0.3, -0.25) is 0 Å². The molecule has 0 fully saturated rings. The molecule has 62 valence electrons. The highest BCUT2D eigenvalue weighted by Crippen LogP contribution is 1.95. The lowest BCUT2D eigenvalue weighted by atomic mass is 10.3. The molecule has 2 amide bonds. The van der Waals surface area contributed by atoms with E-state index in [1.165, 1.54) is 24.6 Å². The smallest absolute Gasteiger partial charge is 0.309 e. The fraction of sp³-hybridized carbons (Fsp3) is 0.833. The van der Waals surface area contributed by atoms with E-state index in [0.29, 0.717) is 0 Å². The van der Waals surface area contributed by atoms with Crippen molar-refractivity contribution in [2.24, 2.45) is 11.5 Å². The quantitative estimate of drug-likeness (QED) is 0.540. The molecule has 0 rings (SSSR count). The zero-order chi connectivity index (χ0) is 8.41. The second-order valence-corrected chi connectivity index (χ2v) is 2.59. The number of hydrogen-bond donors (Lipinski definition) is 2. The third-order valence-electron chi connectivity index (χ3n) is 0.737. The molecule has 0 atom stereocenters. The summed E-state index contributed by atoms with van der Waals surface area (Å²) in [5.74, 6) is 0. The second-order valence-electron chi connectivity index (χ2n) is 1.80. The van der Waals surface area contributed by atoms with Crippen LogP contribution in [0.2, 0.25) is 0 Å². The minimum Gasteiger partial charge on any atom is -0.352 e. The molecular weight excluding hydrogens is 196 g/mol. The molecule has 0 aromatic rings.